The van der Waals surface area contributed by atoms with E-state index in [1.54, 1.807) is 20.0 Å². The van der Waals surface area contributed by atoms with Gasteiger partial charge in [-0.25, -0.2) is 28.2 Å². The summed E-state index contributed by atoms with van der Waals surface area (Å²) in [5.41, 5.74) is 7.36. The zero-order chi connectivity index (χ0) is 21.9. The fourth-order valence-electron chi connectivity index (χ4n) is 2.84. The Balaban J connectivity index is 2.55. The van der Waals surface area contributed by atoms with Crippen LogP contribution in [0.1, 0.15) is 53.3 Å². The number of rotatable bonds is 9. The molecule has 0 spiro atoms. The molecule has 0 bridgehead atoms. The van der Waals surface area contributed by atoms with E-state index in [4.69, 9.17) is 5.73 Å². The van der Waals surface area contributed by atoms with Crippen molar-refractivity contribution in [2.75, 3.05) is 5.73 Å². The fraction of sp³-hybridized carbons (Fsp3) is 0.588. The Bertz CT molecular complexity index is 997. The van der Waals surface area contributed by atoms with Gasteiger partial charge in [0.05, 0.1) is 10.4 Å². The summed E-state index contributed by atoms with van der Waals surface area (Å²) in [7, 11) is -6.26. The maximum Gasteiger partial charge on any atom is 0.333 e. The molecule has 2 heterocycles. The molecule has 2 aromatic rings. The smallest absolute Gasteiger partial charge is 0.333 e. The summed E-state index contributed by atoms with van der Waals surface area (Å²) >= 11 is 1.23. The monoisotopic (exact) mass is 459 g/mol. The average Bonchev–Trinajstić information content (AvgIpc) is 2.95. The SMILES string of the molecule is CCC(C)C(O)c1sc(CC(P(=O)=O)P(=O)=O)c(C)[n+]1Cc1cnc(C)nc1N. The van der Waals surface area contributed by atoms with Gasteiger partial charge in [0.25, 0.3) is 5.01 Å². The minimum Gasteiger partial charge on any atom is -0.383 e. The van der Waals surface area contributed by atoms with Gasteiger partial charge in [0.2, 0.25) is 0 Å². The summed E-state index contributed by atoms with van der Waals surface area (Å²) in [6.07, 6.45) is 1.42. The Labute approximate surface area is 174 Å². The number of nitrogens with zero attached hydrogens (tertiary/aromatic N) is 3. The third-order valence-electron chi connectivity index (χ3n) is 4.94. The molecule has 0 radical (unpaired) electrons. The predicted molar refractivity (Wildman–Crippen MR) is 108 cm³/mol. The zero-order valence-corrected chi connectivity index (χ0v) is 19.3. The van der Waals surface area contributed by atoms with Crippen LogP contribution < -0.4 is 10.3 Å². The first-order valence-electron chi connectivity index (χ1n) is 9.11. The molecule has 0 saturated carbocycles. The fourth-order valence-corrected chi connectivity index (χ4v) is 5.79. The highest BCUT2D eigenvalue weighted by Gasteiger charge is 2.34. The van der Waals surface area contributed by atoms with E-state index in [9.17, 15) is 23.4 Å². The number of thiazole rings is 1. The van der Waals surface area contributed by atoms with E-state index in [0.717, 1.165) is 6.42 Å². The molecule has 3 N–H and O–H groups in total. The maximum absolute atomic E-state index is 11.4. The lowest BCUT2D eigenvalue weighted by atomic mass is 10.0. The van der Waals surface area contributed by atoms with Crippen LogP contribution in [0.15, 0.2) is 6.20 Å². The second kappa shape index (κ2) is 9.85. The van der Waals surface area contributed by atoms with Crippen LogP contribution in [0.25, 0.3) is 0 Å². The molecule has 0 aliphatic rings. The van der Waals surface area contributed by atoms with Gasteiger partial charge in [-0.15, -0.1) is 0 Å². The number of aliphatic hydroxyl groups excluding tert-OH is 1. The molecule has 2 unspecified atom stereocenters. The van der Waals surface area contributed by atoms with E-state index in [1.165, 1.54) is 11.3 Å². The van der Waals surface area contributed by atoms with Crippen molar-refractivity contribution in [1.82, 2.24) is 9.97 Å². The van der Waals surface area contributed by atoms with Gasteiger partial charge in [-0.1, -0.05) is 31.6 Å². The van der Waals surface area contributed by atoms with Crippen LogP contribution in [0.5, 0.6) is 0 Å². The summed E-state index contributed by atoms with van der Waals surface area (Å²) in [5.74, 6) is 0.825. The van der Waals surface area contributed by atoms with E-state index < -0.39 is 26.9 Å². The Morgan fingerprint density at radius 3 is 2.38 bits per heavy atom. The van der Waals surface area contributed by atoms with Crippen LogP contribution in [0.4, 0.5) is 5.82 Å². The van der Waals surface area contributed by atoms with Crippen LogP contribution in [0.3, 0.4) is 0 Å². The van der Waals surface area contributed by atoms with Crippen LogP contribution in [0.2, 0.25) is 0 Å². The number of aliphatic hydroxyl groups is 1. The highest BCUT2D eigenvalue weighted by molar-refractivity contribution is 7.51. The summed E-state index contributed by atoms with van der Waals surface area (Å²) in [4.78, 5) is 8.93. The minimum absolute atomic E-state index is 0.0400. The molecule has 2 aromatic heterocycles. The topological polar surface area (TPSA) is 144 Å². The third-order valence-corrected chi connectivity index (χ3v) is 8.79. The third kappa shape index (κ3) is 5.45. The van der Waals surface area contributed by atoms with Crippen molar-refractivity contribution in [2.24, 2.45) is 5.92 Å². The lowest BCUT2D eigenvalue weighted by Crippen LogP contribution is -2.41. The van der Waals surface area contributed by atoms with Gasteiger partial charge in [-0.2, -0.15) is 4.57 Å². The van der Waals surface area contributed by atoms with Crippen molar-refractivity contribution in [2.45, 2.75) is 58.6 Å². The van der Waals surface area contributed by atoms with Crippen LogP contribution in [-0.2, 0) is 31.2 Å². The first-order valence-corrected chi connectivity index (χ1v) is 12.4. The van der Waals surface area contributed by atoms with E-state index >= 15 is 0 Å². The molecule has 0 amide bonds. The number of hydrogen-bond donors (Lipinski definition) is 2. The zero-order valence-electron chi connectivity index (χ0n) is 16.7. The van der Waals surface area contributed by atoms with Crippen molar-refractivity contribution in [3.63, 3.8) is 0 Å². The first kappa shape index (κ1) is 23.5. The van der Waals surface area contributed by atoms with E-state index in [-0.39, 0.29) is 18.9 Å². The molecular weight excluding hydrogens is 434 g/mol. The Morgan fingerprint density at radius 1 is 1.24 bits per heavy atom. The molecule has 0 fully saturated rings. The lowest BCUT2D eigenvalue weighted by Gasteiger charge is -2.13. The summed E-state index contributed by atoms with van der Waals surface area (Å²) in [6.45, 7) is 7.67. The number of anilines is 1. The molecular formula is C17H25N4O5P2S+. The van der Waals surface area contributed by atoms with E-state index in [2.05, 4.69) is 9.97 Å². The molecule has 0 aliphatic heterocycles. The van der Waals surface area contributed by atoms with Crippen molar-refractivity contribution < 1.29 is 27.9 Å². The minimum atomic E-state index is -3.13. The molecule has 158 valence electrons. The van der Waals surface area contributed by atoms with E-state index in [1.807, 2.05) is 18.4 Å². The molecule has 9 nitrogen and oxygen atoms in total. The average molecular weight is 459 g/mol. The molecule has 0 aromatic carbocycles. The Kier molecular flexibility index (Phi) is 8.00. The normalized spacial score (nSPS) is 13.4. The number of nitrogen functional groups attached to an aromatic ring is 1. The largest absolute Gasteiger partial charge is 0.383 e. The standard InChI is InChI=1S/C17H25N4O5P2S/c1-5-9(2)15(22)17-21(8-12-7-19-11(4)20-16(12)18)10(3)13(29-17)6-14(27(23)24)28(25)26/h7,9,14-15,22H,5-6,8H2,1-4H3,(H2,18,19,20)/q+1. The van der Waals surface area contributed by atoms with Crippen LogP contribution in [0, 0.1) is 19.8 Å². The van der Waals surface area contributed by atoms with Gasteiger partial charge in [-0.3, -0.25) is 0 Å². The Morgan fingerprint density at radius 2 is 1.86 bits per heavy atom. The molecule has 12 heteroatoms. The summed E-state index contributed by atoms with van der Waals surface area (Å²) in [6, 6.07) is 0. The lowest BCUT2D eigenvalue weighted by molar-refractivity contribution is -0.700. The summed E-state index contributed by atoms with van der Waals surface area (Å²) in [5, 5.41) is 9.98. The number of aromatic nitrogens is 3. The highest BCUT2D eigenvalue weighted by atomic mass is 32.1. The second-order valence-corrected chi connectivity index (χ2v) is 10.9. The van der Waals surface area contributed by atoms with Gasteiger partial charge >= 0.3 is 15.4 Å². The number of aryl methyl sites for hydroxylation is 1. The Hall–Kier alpha value is -1.73. The maximum atomic E-state index is 11.4. The van der Waals surface area contributed by atoms with Crippen molar-refractivity contribution in [3.8, 4) is 0 Å². The second-order valence-electron chi connectivity index (χ2n) is 6.95. The van der Waals surface area contributed by atoms with Crippen molar-refractivity contribution in [3.05, 3.63) is 33.2 Å². The first-order chi connectivity index (χ1) is 13.6. The van der Waals surface area contributed by atoms with Gasteiger partial charge in [0.1, 0.15) is 11.6 Å². The van der Waals surface area contributed by atoms with Gasteiger partial charge in [0, 0.05) is 19.5 Å². The molecule has 2 rings (SSSR count). The molecule has 0 aliphatic carbocycles. The molecule has 2 atom stereocenters. The highest BCUT2D eigenvalue weighted by Crippen LogP contribution is 2.36. The number of nitrogens with two attached hydrogens (primary N) is 1. The van der Waals surface area contributed by atoms with Gasteiger partial charge in [-0.05, 0) is 12.8 Å². The predicted octanol–water partition coefficient (Wildman–Crippen LogP) is 3.37. The van der Waals surface area contributed by atoms with Crippen LogP contribution in [-0.4, -0.2) is 20.5 Å². The van der Waals surface area contributed by atoms with Gasteiger partial charge in [0.15, 0.2) is 23.7 Å². The van der Waals surface area contributed by atoms with Gasteiger partial charge < -0.3 is 10.8 Å². The molecule has 0 saturated heterocycles. The van der Waals surface area contributed by atoms with Crippen molar-refractivity contribution in [1.29, 1.82) is 0 Å². The van der Waals surface area contributed by atoms with E-state index in [0.29, 0.717) is 32.8 Å². The molecule has 29 heavy (non-hydrogen) atoms. The number of hydrogen-bond acceptors (Lipinski definition) is 9. The van der Waals surface area contributed by atoms with Crippen LogP contribution >= 0.6 is 26.7 Å². The summed E-state index contributed by atoms with van der Waals surface area (Å²) < 4.78 is 47.3. The quantitative estimate of drug-likeness (QED) is 0.429. The van der Waals surface area contributed by atoms with Crippen molar-refractivity contribution >= 4 is 32.5 Å².